The number of aromatic nitrogens is 2. The van der Waals surface area contributed by atoms with Crippen molar-refractivity contribution >= 4 is 0 Å². The molecule has 1 aromatic heterocycles. The van der Waals surface area contributed by atoms with Gasteiger partial charge in [-0.3, -0.25) is 4.68 Å². The van der Waals surface area contributed by atoms with Crippen molar-refractivity contribution in [1.29, 1.82) is 0 Å². The molecule has 5 heteroatoms. The monoisotopic (exact) mass is 257 g/mol. The molecule has 0 aliphatic heterocycles. The zero-order chi connectivity index (χ0) is 13.2. The summed E-state index contributed by atoms with van der Waals surface area (Å²) in [6.07, 6.45) is 5.99. The van der Waals surface area contributed by atoms with Gasteiger partial charge >= 0.3 is 0 Å². The van der Waals surface area contributed by atoms with Gasteiger partial charge in [0.15, 0.2) is 0 Å². The van der Waals surface area contributed by atoms with Crippen LogP contribution in [0.5, 0.6) is 0 Å². The number of halogens is 2. The summed E-state index contributed by atoms with van der Waals surface area (Å²) in [5.41, 5.74) is 6.90. The van der Waals surface area contributed by atoms with Crippen molar-refractivity contribution < 1.29 is 8.78 Å². The van der Waals surface area contributed by atoms with Crippen LogP contribution in [0.4, 0.5) is 8.78 Å². The van der Waals surface area contributed by atoms with E-state index in [1.165, 1.54) is 0 Å². The van der Waals surface area contributed by atoms with Crippen LogP contribution in [0.2, 0.25) is 0 Å². The lowest BCUT2D eigenvalue weighted by molar-refractivity contribution is -0.0551. The van der Waals surface area contributed by atoms with Crippen LogP contribution >= 0.6 is 0 Å². The third-order valence-corrected chi connectivity index (χ3v) is 3.71. The van der Waals surface area contributed by atoms with Crippen LogP contribution in [-0.4, -0.2) is 15.7 Å². The van der Waals surface area contributed by atoms with Crippen LogP contribution in [0.3, 0.4) is 0 Å². The van der Waals surface area contributed by atoms with Crippen LogP contribution in [0.25, 0.3) is 0 Å². The quantitative estimate of drug-likeness (QED) is 0.900. The van der Waals surface area contributed by atoms with Crippen molar-refractivity contribution in [2.45, 2.75) is 57.5 Å². The summed E-state index contributed by atoms with van der Waals surface area (Å²) in [5, 5.41) is 4.22. The second-order valence-electron chi connectivity index (χ2n) is 5.33. The molecule has 1 fully saturated rings. The fraction of sp³-hybridized carbons (Fsp3) is 0.769. The first kappa shape index (κ1) is 13.5. The minimum Gasteiger partial charge on any atom is -0.324 e. The van der Waals surface area contributed by atoms with Crippen molar-refractivity contribution in [3.05, 3.63) is 18.0 Å². The molecule has 0 radical (unpaired) electrons. The van der Waals surface area contributed by atoms with Gasteiger partial charge in [0.05, 0.1) is 6.20 Å². The fourth-order valence-electron chi connectivity index (χ4n) is 2.60. The molecular formula is C13H21F2N3. The van der Waals surface area contributed by atoms with E-state index in [1.54, 1.807) is 10.9 Å². The summed E-state index contributed by atoms with van der Waals surface area (Å²) in [7, 11) is 0. The molecule has 2 rings (SSSR count). The standard InChI is InChI=1S/C13H21F2N3/c1-2-12(16)11-7-17-18(9-11)8-10-4-3-5-13(14,15)6-10/h7,9-10,12H,2-6,8,16H2,1H3. The molecule has 0 bridgehead atoms. The minimum atomic E-state index is -2.49. The summed E-state index contributed by atoms with van der Waals surface area (Å²) < 4.78 is 28.4. The largest absolute Gasteiger partial charge is 0.324 e. The molecule has 1 saturated carbocycles. The van der Waals surface area contributed by atoms with Gasteiger partial charge in [-0.15, -0.1) is 0 Å². The predicted molar refractivity (Wildman–Crippen MR) is 66.4 cm³/mol. The molecule has 2 N–H and O–H groups in total. The SMILES string of the molecule is CCC(N)c1cnn(CC2CCCC(F)(F)C2)c1. The highest BCUT2D eigenvalue weighted by Crippen LogP contribution is 2.37. The van der Waals surface area contributed by atoms with E-state index in [0.29, 0.717) is 13.0 Å². The first-order chi connectivity index (χ1) is 8.50. The lowest BCUT2D eigenvalue weighted by Crippen LogP contribution is -2.28. The van der Waals surface area contributed by atoms with Gasteiger partial charge in [-0.05, 0) is 25.2 Å². The minimum absolute atomic E-state index is 0.00783. The van der Waals surface area contributed by atoms with Gasteiger partial charge in [0.25, 0.3) is 0 Å². The molecule has 1 aliphatic rings. The van der Waals surface area contributed by atoms with Crippen LogP contribution in [0.1, 0.15) is 50.6 Å². The van der Waals surface area contributed by atoms with Gasteiger partial charge in [-0.2, -0.15) is 5.10 Å². The van der Waals surface area contributed by atoms with Gasteiger partial charge < -0.3 is 5.73 Å². The Morgan fingerprint density at radius 1 is 1.61 bits per heavy atom. The highest BCUT2D eigenvalue weighted by Gasteiger charge is 2.36. The lowest BCUT2D eigenvalue weighted by Gasteiger charge is -2.28. The van der Waals surface area contributed by atoms with Gasteiger partial charge in [-0.25, -0.2) is 8.78 Å². The molecule has 2 atom stereocenters. The molecule has 1 aliphatic carbocycles. The molecule has 3 nitrogen and oxygen atoms in total. The van der Waals surface area contributed by atoms with Gasteiger partial charge in [0.2, 0.25) is 5.92 Å². The molecule has 0 saturated heterocycles. The molecule has 0 amide bonds. The number of rotatable bonds is 4. The van der Waals surface area contributed by atoms with E-state index < -0.39 is 5.92 Å². The molecule has 1 aromatic rings. The highest BCUT2D eigenvalue weighted by molar-refractivity contribution is 5.09. The van der Waals surface area contributed by atoms with E-state index in [2.05, 4.69) is 5.10 Å². The number of hydrogen-bond donors (Lipinski definition) is 1. The summed E-state index contributed by atoms with van der Waals surface area (Å²) in [6.45, 7) is 2.59. The van der Waals surface area contributed by atoms with Crippen molar-refractivity contribution in [1.82, 2.24) is 9.78 Å². The Morgan fingerprint density at radius 2 is 2.39 bits per heavy atom. The average molecular weight is 257 g/mol. The third kappa shape index (κ3) is 3.28. The average Bonchev–Trinajstić information content (AvgIpc) is 2.75. The smallest absolute Gasteiger partial charge is 0.248 e. The Balaban J connectivity index is 1.95. The number of alkyl halides is 2. The van der Waals surface area contributed by atoms with E-state index in [9.17, 15) is 8.78 Å². The van der Waals surface area contributed by atoms with E-state index in [-0.39, 0.29) is 24.8 Å². The summed E-state index contributed by atoms with van der Waals surface area (Å²) >= 11 is 0. The lowest BCUT2D eigenvalue weighted by atomic mass is 9.86. The van der Waals surface area contributed by atoms with Crippen molar-refractivity contribution in [3.8, 4) is 0 Å². The van der Waals surface area contributed by atoms with E-state index >= 15 is 0 Å². The van der Waals surface area contributed by atoms with Crippen LogP contribution in [-0.2, 0) is 6.54 Å². The zero-order valence-corrected chi connectivity index (χ0v) is 10.8. The maximum Gasteiger partial charge on any atom is 0.248 e. The first-order valence-corrected chi connectivity index (χ1v) is 6.66. The van der Waals surface area contributed by atoms with E-state index in [0.717, 1.165) is 18.4 Å². The Kier molecular flexibility index (Phi) is 4.00. The summed E-state index contributed by atoms with van der Waals surface area (Å²) in [6, 6.07) is -0.00783. The first-order valence-electron chi connectivity index (χ1n) is 6.66. The topological polar surface area (TPSA) is 43.8 Å². The summed E-state index contributed by atoms with van der Waals surface area (Å²) in [4.78, 5) is 0. The van der Waals surface area contributed by atoms with Crippen LogP contribution in [0, 0.1) is 5.92 Å². The maximum atomic E-state index is 13.3. The van der Waals surface area contributed by atoms with Gasteiger partial charge in [-0.1, -0.05) is 6.92 Å². The maximum absolute atomic E-state index is 13.3. The zero-order valence-electron chi connectivity index (χ0n) is 10.8. The third-order valence-electron chi connectivity index (χ3n) is 3.71. The van der Waals surface area contributed by atoms with Crippen molar-refractivity contribution in [2.24, 2.45) is 11.7 Å². The fourth-order valence-corrected chi connectivity index (χ4v) is 2.60. The number of nitrogens with zero attached hydrogens (tertiary/aromatic N) is 2. The molecule has 0 spiro atoms. The second-order valence-corrected chi connectivity index (χ2v) is 5.33. The second kappa shape index (κ2) is 5.34. The van der Waals surface area contributed by atoms with Crippen LogP contribution in [0.15, 0.2) is 12.4 Å². The molecule has 0 aromatic carbocycles. The molecular weight excluding hydrogens is 236 g/mol. The Hall–Kier alpha value is -0.970. The Bertz CT molecular complexity index is 389. The molecule has 2 unspecified atom stereocenters. The number of nitrogens with two attached hydrogens (primary N) is 1. The highest BCUT2D eigenvalue weighted by atomic mass is 19.3. The van der Waals surface area contributed by atoms with Gasteiger partial charge in [0, 0.05) is 37.2 Å². The van der Waals surface area contributed by atoms with Crippen LogP contribution < -0.4 is 5.73 Å². The van der Waals surface area contributed by atoms with E-state index in [1.807, 2.05) is 13.1 Å². The van der Waals surface area contributed by atoms with Gasteiger partial charge in [0.1, 0.15) is 0 Å². The van der Waals surface area contributed by atoms with Crippen molar-refractivity contribution in [3.63, 3.8) is 0 Å². The molecule has 1 heterocycles. The Morgan fingerprint density at radius 3 is 3.06 bits per heavy atom. The van der Waals surface area contributed by atoms with E-state index in [4.69, 9.17) is 5.73 Å². The molecule has 18 heavy (non-hydrogen) atoms. The predicted octanol–water partition coefficient (Wildman–Crippen LogP) is 3.12. The summed E-state index contributed by atoms with van der Waals surface area (Å²) in [5.74, 6) is -2.46. The molecule has 102 valence electrons. The Labute approximate surface area is 106 Å². The normalized spacial score (nSPS) is 25.0. The van der Waals surface area contributed by atoms with Crippen molar-refractivity contribution in [2.75, 3.05) is 0 Å². The number of hydrogen-bond acceptors (Lipinski definition) is 2.